The molecule has 156 valence electrons. The monoisotopic (exact) mass is 428 g/mol. The van der Waals surface area contributed by atoms with Crippen LogP contribution in [-0.2, 0) is 6.42 Å². The summed E-state index contributed by atoms with van der Waals surface area (Å²) < 4.78 is 22.8. The highest BCUT2D eigenvalue weighted by molar-refractivity contribution is 7.15. The minimum absolute atomic E-state index is 0.0259. The van der Waals surface area contributed by atoms with Gasteiger partial charge in [-0.25, -0.2) is 9.18 Å². The van der Waals surface area contributed by atoms with Gasteiger partial charge in [-0.3, -0.25) is 4.79 Å². The molecule has 1 fully saturated rings. The van der Waals surface area contributed by atoms with Crippen LogP contribution in [0, 0.1) is 5.82 Å². The summed E-state index contributed by atoms with van der Waals surface area (Å²) in [5.74, 6) is -1.66. The van der Waals surface area contributed by atoms with Crippen molar-refractivity contribution >= 4 is 28.2 Å². The molecule has 30 heavy (non-hydrogen) atoms. The molecule has 0 saturated heterocycles. The molecule has 2 aliphatic rings. The summed E-state index contributed by atoms with van der Waals surface area (Å²) in [6.45, 7) is 0. The summed E-state index contributed by atoms with van der Waals surface area (Å²) in [7, 11) is 1.45. The van der Waals surface area contributed by atoms with Gasteiger partial charge in [0.25, 0.3) is 0 Å². The summed E-state index contributed by atoms with van der Waals surface area (Å²) >= 11 is 1.46. The number of benzene rings is 1. The van der Waals surface area contributed by atoms with E-state index in [0.29, 0.717) is 16.0 Å². The third-order valence-electron chi connectivity index (χ3n) is 5.98. The van der Waals surface area contributed by atoms with E-state index >= 15 is 4.39 Å². The molecule has 0 spiro atoms. The lowest BCUT2D eigenvalue weighted by atomic mass is 9.95. The van der Waals surface area contributed by atoms with E-state index in [2.05, 4.69) is 0 Å². The molecule has 8 heteroatoms. The number of nitrogens with two attached hydrogens (primary N) is 1. The standard InChI is InChI=1S/C22H21FN2O4S/c1-29-20-17(16-7-10-3-2-4-15(24)21(10)30-16)14(23)8-12-18(20)25(11-5-6-11)9-13(19(12)26)22(27)28/h7-9,11,15H,2-6,24H2,1H3,(H,27,28). The number of halogens is 1. The Hall–Kier alpha value is -2.71. The minimum atomic E-state index is -1.32. The molecule has 0 bridgehead atoms. The Kier molecular flexibility index (Phi) is 4.44. The quantitative estimate of drug-likeness (QED) is 0.648. The summed E-state index contributed by atoms with van der Waals surface area (Å²) in [5.41, 5.74) is 7.08. The van der Waals surface area contributed by atoms with Crippen molar-refractivity contribution < 1.29 is 19.0 Å². The van der Waals surface area contributed by atoms with Crippen LogP contribution in [0.1, 0.15) is 58.6 Å². The number of pyridine rings is 1. The van der Waals surface area contributed by atoms with Crippen LogP contribution >= 0.6 is 11.3 Å². The lowest BCUT2D eigenvalue weighted by Crippen LogP contribution is -2.19. The molecule has 0 amide bonds. The van der Waals surface area contributed by atoms with Gasteiger partial charge < -0.3 is 20.1 Å². The maximum absolute atomic E-state index is 15.4. The molecule has 1 aromatic carbocycles. The second-order valence-electron chi connectivity index (χ2n) is 7.98. The van der Waals surface area contributed by atoms with Crippen LogP contribution in [0.15, 0.2) is 23.1 Å². The Morgan fingerprint density at radius 1 is 1.33 bits per heavy atom. The SMILES string of the molecule is COc1c(-c2cc3c(s2)C(N)CCC3)c(F)cc2c(=O)c(C(=O)O)cn(C3CC3)c12. The Morgan fingerprint density at radius 3 is 2.73 bits per heavy atom. The average molecular weight is 428 g/mol. The van der Waals surface area contributed by atoms with E-state index in [1.54, 1.807) is 4.57 Å². The van der Waals surface area contributed by atoms with Crippen LogP contribution in [-0.4, -0.2) is 22.8 Å². The van der Waals surface area contributed by atoms with Crippen molar-refractivity contribution in [1.82, 2.24) is 4.57 Å². The van der Waals surface area contributed by atoms with Gasteiger partial charge in [-0.15, -0.1) is 11.3 Å². The van der Waals surface area contributed by atoms with Crippen molar-refractivity contribution in [1.29, 1.82) is 0 Å². The van der Waals surface area contributed by atoms with Crippen molar-refractivity contribution in [3.63, 3.8) is 0 Å². The normalized spacial score (nSPS) is 18.4. The number of hydrogen-bond acceptors (Lipinski definition) is 5. The maximum Gasteiger partial charge on any atom is 0.341 e. The van der Waals surface area contributed by atoms with Gasteiger partial charge in [-0.1, -0.05) is 0 Å². The number of hydrogen-bond donors (Lipinski definition) is 2. The molecule has 3 aromatic rings. The van der Waals surface area contributed by atoms with Gasteiger partial charge in [0.1, 0.15) is 11.4 Å². The number of carboxylic acids is 1. The first-order chi connectivity index (χ1) is 14.4. The first-order valence-electron chi connectivity index (χ1n) is 9.98. The van der Waals surface area contributed by atoms with Gasteiger partial charge in [0.2, 0.25) is 5.43 Å². The highest BCUT2D eigenvalue weighted by atomic mass is 32.1. The van der Waals surface area contributed by atoms with Crippen LogP contribution < -0.4 is 15.9 Å². The number of fused-ring (bicyclic) bond motifs is 2. The lowest BCUT2D eigenvalue weighted by Gasteiger charge is -2.18. The molecule has 5 rings (SSSR count). The summed E-state index contributed by atoms with van der Waals surface area (Å²) in [6.07, 6.45) is 5.92. The molecule has 2 heterocycles. The molecule has 1 unspecified atom stereocenters. The first kappa shape index (κ1) is 19.3. The molecule has 0 aliphatic heterocycles. The highest BCUT2D eigenvalue weighted by Gasteiger charge is 2.31. The van der Waals surface area contributed by atoms with E-state index in [1.807, 2.05) is 6.07 Å². The molecule has 2 aromatic heterocycles. The average Bonchev–Trinajstić information content (AvgIpc) is 3.46. The minimum Gasteiger partial charge on any atom is -0.494 e. The van der Waals surface area contributed by atoms with Crippen molar-refractivity contribution in [2.45, 2.75) is 44.2 Å². The van der Waals surface area contributed by atoms with Gasteiger partial charge in [0.15, 0.2) is 5.75 Å². The van der Waals surface area contributed by atoms with E-state index < -0.39 is 17.2 Å². The zero-order valence-corrected chi connectivity index (χ0v) is 17.2. The molecule has 1 saturated carbocycles. The smallest absolute Gasteiger partial charge is 0.341 e. The second-order valence-corrected chi connectivity index (χ2v) is 9.06. The topological polar surface area (TPSA) is 94.6 Å². The molecule has 2 aliphatic carbocycles. The second kappa shape index (κ2) is 6.92. The van der Waals surface area contributed by atoms with E-state index in [9.17, 15) is 14.7 Å². The number of methoxy groups -OCH3 is 1. The van der Waals surface area contributed by atoms with Crippen molar-refractivity contribution in [2.75, 3.05) is 7.11 Å². The van der Waals surface area contributed by atoms with Crippen molar-refractivity contribution in [3.8, 4) is 16.2 Å². The molecule has 6 nitrogen and oxygen atoms in total. The Bertz CT molecular complexity index is 1260. The number of carbonyl (C=O) groups is 1. The van der Waals surface area contributed by atoms with Crippen LogP contribution in [0.25, 0.3) is 21.3 Å². The van der Waals surface area contributed by atoms with Gasteiger partial charge in [-0.05, 0) is 49.8 Å². The summed E-state index contributed by atoms with van der Waals surface area (Å²) in [6, 6.07) is 3.14. The molecular weight excluding hydrogens is 407 g/mol. The first-order valence-corrected chi connectivity index (χ1v) is 10.8. The number of carboxylic acid groups (broad SMARTS) is 1. The van der Waals surface area contributed by atoms with E-state index in [-0.39, 0.29) is 28.8 Å². The molecule has 1 atom stereocenters. The number of nitrogens with zero attached hydrogens (tertiary/aromatic N) is 1. The van der Waals surface area contributed by atoms with Crippen LogP contribution in [0.3, 0.4) is 0 Å². The van der Waals surface area contributed by atoms with Gasteiger partial charge in [-0.2, -0.15) is 0 Å². The summed E-state index contributed by atoms with van der Waals surface area (Å²) in [4.78, 5) is 26.2. The fraction of sp³-hybridized carbons (Fsp3) is 0.364. The summed E-state index contributed by atoms with van der Waals surface area (Å²) in [5, 5.41) is 9.48. The lowest BCUT2D eigenvalue weighted by molar-refractivity contribution is 0.0695. The Morgan fingerprint density at radius 2 is 2.10 bits per heavy atom. The number of aryl methyl sites for hydroxylation is 1. The zero-order chi connectivity index (χ0) is 21.2. The predicted molar refractivity (Wildman–Crippen MR) is 113 cm³/mol. The van der Waals surface area contributed by atoms with Crippen molar-refractivity contribution in [2.24, 2.45) is 5.73 Å². The van der Waals surface area contributed by atoms with Gasteiger partial charge in [0, 0.05) is 28.0 Å². The molecule has 0 radical (unpaired) electrons. The number of thiophene rings is 1. The van der Waals surface area contributed by atoms with Crippen LogP contribution in [0.5, 0.6) is 5.75 Å². The maximum atomic E-state index is 15.4. The Balaban J connectivity index is 1.84. The number of aromatic nitrogens is 1. The van der Waals surface area contributed by atoms with Gasteiger partial charge >= 0.3 is 5.97 Å². The van der Waals surface area contributed by atoms with E-state index in [0.717, 1.165) is 48.6 Å². The zero-order valence-electron chi connectivity index (χ0n) is 16.4. The third-order valence-corrected chi connectivity index (χ3v) is 7.31. The largest absolute Gasteiger partial charge is 0.494 e. The predicted octanol–water partition coefficient (Wildman–Crippen LogP) is 4.25. The van der Waals surface area contributed by atoms with Crippen molar-refractivity contribution in [3.05, 3.63) is 50.4 Å². The Labute approximate surface area is 175 Å². The number of rotatable bonds is 4. The van der Waals surface area contributed by atoms with Crippen LogP contribution in [0.4, 0.5) is 4.39 Å². The molecule has 3 N–H and O–H groups in total. The highest BCUT2D eigenvalue weighted by Crippen LogP contribution is 2.47. The van der Waals surface area contributed by atoms with Crippen LogP contribution in [0.2, 0.25) is 0 Å². The van der Waals surface area contributed by atoms with E-state index in [4.69, 9.17) is 10.5 Å². The van der Waals surface area contributed by atoms with E-state index in [1.165, 1.54) is 24.6 Å². The fourth-order valence-electron chi connectivity index (χ4n) is 4.39. The fourth-order valence-corrected chi connectivity index (χ4v) is 5.68. The third kappa shape index (κ3) is 2.86. The number of ether oxygens (including phenoxy) is 1. The molecular formula is C22H21FN2O4S. The van der Waals surface area contributed by atoms with Gasteiger partial charge in [0.05, 0.1) is 23.6 Å². The number of aromatic carboxylic acids is 1.